The van der Waals surface area contributed by atoms with E-state index in [9.17, 15) is 0 Å². The summed E-state index contributed by atoms with van der Waals surface area (Å²) in [6.07, 6.45) is 6.85. The molecule has 94 valence electrons. The molecule has 17 heavy (non-hydrogen) atoms. The zero-order valence-corrected chi connectivity index (χ0v) is 10.8. The highest BCUT2D eigenvalue weighted by molar-refractivity contribution is 5.46. The monoisotopic (exact) mass is 235 g/mol. The Labute approximate surface area is 103 Å². The van der Waals surface area contributed by atoms with E-state index in [-0.39, 0.29) is 12.1 Å². The summed E-state index contributed by atoms with van der Waals surface area (Å²) in [6, 6.07) is 0. The van der Waals surface area contributed by atoms with Crippen LogP contribution in [0, 0.1) is 0 Å². The zero-order valence-electron chi connectivity index (χ0n) is 10.8. The number of aromatic nitrogens is 2. The van der Waals surface area contributed by atoms with Crippen molar-refractivity contribution in [2.24, 2.45) is 0 Å². The Bertz CT molecular complexity index is 415. The van der Waals surface area contributed by atoms with Crippen LogP contribution in [0.1, 0.15) is 32.8 Å². The molecule has 2 rings (SSSR count). The molecule has 0 saturated heterocycles. The molecule has 1 aromatic heterocycles. The lowest BCUT2D eigenvalue weighted by molar-refractivity contribution is 0.152. The van der Waals surface area contributed by atoms with E-state index in [1.807, 2.05) is 10.9 Å². The smallest absolute Gasteiger partial charge is 0.0712 e. The number of nitrogens with zero attached hydrogens (tertiary/aromatic N) is 3. The van der Waals surface area contributed by atoms with Crippen molar-refractivity contribution in [1.29, 1.82) is 0 Å². The molecule has 0 aliphatic carbocycles. The number of aliphatic hydroxyl groups is 1. The molecule has 4 nitrogen and oxygen atoms in total. The normalized spacial score (nSPS) is 18.2. The van der Waals surface area contributed by atoms with Gasteiger partial charge in [-0.2, -0.15) is 5.10 Å². The Kier molecular flexibility index (Phi) is 3.35. The van der Waals surface area contributed by atoms with Gasteiger partial charge in [0.1, 0.15) is 0 Å². The standard InChI is InChI=1S/C13H21N3O/c1-13(2,3)15-6-4-12(5-7-15)16-9-11(10-17)8-14-16/h4,8-9,17H,5-7,10H2,1-3H3. The van der Waals surface area contributed by atoms with Gasteiger partial charge in [0.2, 0.25) is 0 Å². The Morgan fingerprint density at radius 2 is 2.18 bits per heavy atom. The SMILES string of the molecule is CC(C)(C)N1CC=C(n2cc(CO)cn2)CC1. The van der Waals surface area contributed by atoms with E-state index in [4.69, 9.17) is 5.11 Å². The first-order valence-corrected chi connectivity index (χ1v) is 6.09. The lowest BCUT2D eigenvalue weighted by atomic mass is 10.0. The molecular weight excluding hydrogens is 214 g/mol. The summed E-state index contributed by atoms with van der Waals surface area (Å²) in [6.45, 7) is 8.80. The summed E-state index contributed by atoms with van der Waals surface area (Å²) in [5, 5.41) is 13.3. The Morgan fingerprint density at radius 1 is 1.41 bits per heavy atom. The molecule has 0 amide bonds. The summed E-state index contributed by atoms with van der Waals surface area (Å²) in [5.74, 6) is 0. The maximum Gasteiger partial charge on any atom is 0.0712 e. The molecule has 1 aliphatic rings. The van der Waals surface area contributed by atoms with Crippen molar-refractivity contribution in [3.8, 4) is 0 Å². The van der Waals surface area contributed by atoms with Crippen molar-refractivity contribution in [2.75, 3.05) is 13.1 Å². The molecule has 0 atom stereocenters. The lowest BCUT2D eigenvalue weighted by Crippen LogP contribution is -2.43. The summed E-state index contributed by atoms with van der Waals surface area (Å²) in [4.78, 5) is 2.45. The molecule has 4 heteroatoms. The van der Waals surface area contributed by atoms with Gasteiger partial charge in [0.25, 0.3) is 0 Å². The van der Waals surface area contributed by atoms with Crippen LogP contribution in [0.15, 0.2) is 18.5 Å². The first-order valence-electron chi connectivity index (χ1n) is 6.09. The van der Waals surface area contributed by atoms with E-state index >= 15 is 0 Å². The molecule has 2 heterocycles. The molecule has 1 aromatic rings. The number of aliphatic hydroxyl groups excluding tert-OH is 1. The predicted octanol–water partition coefficient (Wildman–Crippen LogP) is 1.72. The molecule has 0 saturated carbocycles. The van der Waals surface area contributed by atoms with Crippen LogP contribution >= 0.6 is 0 Å². The number of hydrogen-bond acceptors (Lipinski definition) is 3. The van der Waals surface area contributed by atoms with Crippen LogP contribution in [0.25, 0.3) is 5.70 Å². The van der Waals surface area contributed by atoms with Crippen molar-refractivity contribution in [2.45, 2.75) is 39.3 Å². The fraction of sp³-hybridized carbons (Fsp3) is 0.615. The van der Waals surface area contributed by atoms with Crippen molar-refractivity contribution >= 4 is 5.70 Å². The second kappa shape index (κ2) is 4.63. The van der Waals surface area contributed by atoms with Crippen LogP contribution in [0.3, 0.4) is 0 Å². The predicted molar refractivity (Wildman–Crippen MR) is 68.4 cm³/mol. The van der Waals surface area contributed by atoms with Crippen LogP contribution in [0.5, 0.6) is 0 Å². The molecule has 0 fully saturated rings. The highest BCUT2D eigenvalue weighted by Crippen LogP contribution is 2.22. The van der Waals surface area contributed by atoms with E-state index in [1.165, 1.54) is 5.70 Å². The molecule has 0 aromatic carbocycles. The molecular formula is C13H21N3O. The Morgan fingerprint density at radius 3 is 2.65 bits per heavy atom. The van der Waals surface area contributed by atoms with Crippen LogP contribution in [0.2, 0.25) is 0 Å². The first-order chi connectivity index (χ1) is 8.00. The average Bonchev–Trinajstić information content (AvgIpc) is 2.76. The second-order valence-corrected chi connectivity index (χ2v) is 5.51. The molecule has 0 spiro atoms. The maximum atomic E-state index is 9.02. The lowest BCUT2D eigenvalue weighted by Gasteiger charge is -2.37. The highest BCUT2D eigenvalue weighted by Gasteiger charge is 2.23. The van der Waals surface area contributed by atoms with Gasteiger partial charge in [-0.15, -0.1) is 0 Å². The molecule has 1 N–H and O–H groups in total. The van der Waals surface area contributed by atoms with Gasteiger partial charge < -0.3 is 5.11 Å². The van der Waals surface area contributed by atoms with Crippen molar-refractivity contribution in [1.82, 2.24) is 14.7 Å². The summed E-state index contributed by atoms with van der Waals surface area (Å²) < 4.78 is 1.88. The van der Waals surface area contributed by atoms with Gasteiger partial charge in [-0.1, -0.05) is 0 Å². The third-order valence-electron chi connectivity index (χ3n) is 3.25. The van der Waals surface area contributed by atoms with Crippen LogP contribution in [-0.2, 0) is 6.61 Å². The quantitative estimate of drug-likeness (QED) is 0.848. The Balaban J connectivity index is 2.08. The minimum Gasteiger partial charge on any atom is -0.392 e. The average molecular weight is 235 g/mol. The topological polar surface area (TPSA) is 41.3 Å². The third kappa shape index (κ3) is 2.76. The van der Waals surface area contributed by atoms with Gasteiger partial charge in [0.15, 0.2) is 0 Å². The maximum absolute atomic E-state index is 9.02. The van der Waals surface area contributed by atoms with Crippen molar-refractivity contribution in [3.05, 3.63) is 24.0 Å². The van der Waals surface area contributed by atoms with Crippen molar-refractivity contribution in [3.63, 3.8) is 0 Å². The van der Waals surface area contributed by atoms with Gasteiger partial charge in [-0.05, 0) is 26.8 Å². The minimum atomic E-state index is 0.0569. The number of rotatable bonds is 2. The molecule has 0 radical (unpaired) electrons. The fourth-order valence-electron chi connectivity index (χ4n) is 2.07. The van der Waals surface area contributed by atoms with E-state index in [1.54, 1.807) is 6.20 Å². The van der Waals surface area contributed by atoms with E-state index in [0.29, 0.717) is 0 Å². The minimum absolute atomic E-state index is 0.0569. The molecule has 0 unspecified atom stereocenters. The largest absolute Gasteiger partial charge is 0.392 e. The fourth-order valence-corrected chi connectivity index (χ4v) is 2.07. The summed E-state index contributed by atoms with van der Waals surface area (Å²) in [7, 11) is 0. The van der Waals surface area contributed by atoms with Gasteiger partial charge in [0.05, 0.1) is 12.8 Å². The van der Waals surface area contributed by atoms with Crippen LogP contribution in [0.4, 0.5) is 0 Å². The molecule has 0 bridgehead atoms. The van der Waals surface area contributed by atoms with Gasteiger partial charge in [0, 0.05) is 42.5 Å². The molecule has 1 aliphatic heterocycles. The number of hydrogen-bond donors (Lipinski definition) is 1. The highest BCUT2D eigenvalue weighted by atomic mass is 16.3. The second-order valence-electron chi connectivity index (χ2n) is 5.51. The third-order valence-corrected chi connectivity index (χ3v) is 3.25. The van der Waals surface area contributed by atoms with Gasteiger partial charge in [-0.3, -0.25) is 4.90 Å². The van der Waals surface area contributed by atoms with Crippen LogP contribution in [-0.4, -0.2) is 38.4 Å². The van der Waals surface area contributed by atoms with Crippen LogP contribution < -0.4 is 0 Å². The first kappa shape index (κ1) is 12.3. The van der Waals surface area contributed by atoms with Gasteiger partial charge in [-0.25, -0.2) is 4.68 Å². The van der Waals surface area contributed by atoms with E-state index < -0.39 is 0 Å². The summed E-state index contributed by atoms with van der Waals surface area (Å²) >= 11 is 0. The van der Waals surface area contributed by atoms with E-state index in [0.717, 1.165) is 25.1 Å². The van der Waals surface area contributed by atoms with E-state index in [2.05, 4.69) is 36.8 Å². The zero-order chi connectivity index (χ0) is 12.5. The van der Waals surface area contributed by atoms with Crippen molar-refractivity contribution < 1.29 is 5.11 Å². The summed E-state index contributed by atoms with van der Waals surface area (Å²) in [5.41, 5.74) is 2.32. The van der Waals surface area contributed by atoms with Gasteiger partial charge >= 0.3 is 0 Å². The Hall–Kier alpha value is -1.13.